The fourth-order valence-electron chi connectivity index (χ4n) is 2.21. The first-order chi connectivity index (χ1) is 9.79. The van der Waals surface area contributed by atoms with Crippen molar-refractivity contribution in [3.05, 3.63) is 65.5 Å². The summed E-state index contributed by atoms with van der Waals surface area (Å²) >= 11 is 0. The van der Waals surface area contributed by atoms with Crippen LogP contribution in [-0.4, -0.2) is 21.3 Å². The SMILES string of the molecule is C=NCc1nc(Cc2ccccc2F)n2ncccc12. The molecule has 0 saturated heterocycles. The van der Waals surface area contributed by atoms with Crippen molar-refractivity contribution in [3.63, 3.8) is 0 Å². The maximum absolute atomic E-state index is 13.7. The van der Waals surface area contributed by atoms with E-state index in [1.807, 2.05) is 18.2 Å². The average Bonchev–Trinajstić information content (AvgIpc) is 2.81. The van der Waals surface area contributed by atoms with Crippen molar-refractivity contribution in [1.29, 1.82) is 0 Å². The van der Waals surface area contributed by atoms with E-state index in [0.29, 0.717) is 24.4 Å². The number of hydrogen-bond donors (Lipinski definition) is 0. The number of hydrogen-bond acceptors (Lipinski definition) is 3. The highest BCUT2D eigenvalue weighted by Gasteiger charge is 2.13. The van der Waals surface area contributed by atoms with Crippen LogP contribution in [0.3, 0.4) is 0 Å². The van der Waals surface area contributed by atoms with Crippen LogP contribution in [0.5, 0.6) is 0 Å². The largest absolute Gasteiger partial charge is 0.294 e. The minimum Gasteiger partial charge on any atom is -0.294 e. The van der Waals surface area contributed by atoms with Crippen molar-refractivity contribution in [2.75, 3.05) is 0 Å². The molecular formula is C15H13FN4. The maximum atomic E-state index is 13.7. The molecule has 0 radical (unpaired) electrons. The predicted molar refractivity (Wildman–Crippen MR) is 75.4 cm³/mol. The molecule has 0 aliphatic heterocycles. The summed E-state index contributed by atoms with van der Waals surface area (Å²) in [7, 11) is 0. The van der Waals surface area contributed by atoms with Crippen LogP contribution in [0.4, 0.5) is 4.39 Å². The molecule has 0 spiro atoms. The first-order valence-electron chi connectivity index (χ1n) is 6.27. The van der Waals surface area contributed by atoms with Gasteiger partial charge in [-0.3, -0.25) is 4.99 Å². The Kier molecular flexibility index (Phi) is 3.25. The normalized spacial score (nSPS) is 10.8. The van der Waals surface area contributed by atoms with Gasteiger partial charge in [-0.2, -0.15) is 5.10 Å². The number of rotatable bonds is 4. The van der Waals surface area contributed by atoms with Crippen LogP contribution < -0.4 is 0 Å². The molecule has 1 aromatic carbocycles. The summed E-state index contributed by atoms with van der Waals surface area (Å²) in [4.78, 5) is 8.38. The number of fused-ring (bicyclic) bond motifs is 1. The number of nitrogens with zero attached hydrogens (tertiary/aromatic N) is 4. The number of benzene rings is 1. The summed E-state index contributed by atoms with van der Waals surface area (Å²) in [5.74, 6) is 0.466. The molecule has 5 heteroatoms. The first-order valence-corrected chi connectivity index (χ1v) is 6.27. The van der Waals surface area contributed by atoms with Crippen molar-refractivity contribution in [1.82, 2.24) is 14.6 Å². The molecule has 0 bridgehead atoms. The van der Waals surface area contributed by atoms with Gasteiger partial charge in [0.1, 0.15) is 11.6 Å². The van der Waals surface area contributed by atoms with Crippen LogP contribution in [0.1, 0.15) is 17.1 Å². The molecule has 0 saturated carbocycles. The summed E-state index contributed by atoms with van der Waals surface area (Å²) in [5.41, 5.74) is 2.29. The number of imidazole rings is 1. The second-order valence-corrected chi connectivity index (χ2v) is 4.45. The van der Waals surface area contributed by atoms with Gasteiger partial charge in [0.25, 0.3) is 0 Å². The number of aliphatic imine (C=N–C) groups is 1. The maximum Gasteiger partial charge on any atom is 0.135 e. The molecule has 4 nitrogen and oxygen atoms in total. The Morgan fingerprint density at radius 1 is 1.20 bits per heavy atom. The molecule has 3 aromatic rings. The van der Waals surface area contributed by atoms with E-state index in [-0.39, 0.29) is 5.82 Å². The molecule has 0 N–H and O–H groups in total. The lowest BCUT2D eigenvalue weighted by molar-refractivity contribution is 0.611. The van der Waals surface area contributed by atoms with Gasteiger partial charge in [0, 0.05) is 12.6 Å². The van der Waals surface area contributed by atoms with E-state index in [1.165, 1.54) is 6.07 Å². The van der Waals surface area contributed by atoms with Crippen molar-refractivity contribution in [2.24, 2.45) is 4.99 Å². The van der Waals surface area contributed by atoms with Crippen LogP contribution in [0.2, 0.25) is 0 Å². The van der Waals surface area contributed by atoms with Crippen molar-refractivity contribution in [3.8, 4) is 0 Å². The van der Waals surface area contributed by atoms with Gasteiger partial charge in [-0.1, -0.05) is 18.2 Å². The number of halogens is 1. The summed E-state index contributed by atoms with van der Waals surface area (Å²) in [6.45, 7) is 3.91. The van der Waals surface area contributed by atoms with E-state index in [0.717, 1.165) is 11.2 Å². The monoisotopic (exact) mass is 268 g/mol. The van der Waals surface area contributed by atoms with Gasteiger partial charge in [0.15, 0.2) is 0 Å². The Balaban J connectivity index is 2.08. The average molecular weight is 268 g/mol. The fraction of sp³-hybridized carbons (Fsp3) is 0.133. The zero-order valence-electron chi connectivity index (χ0n) is 10.8. The highest BCUT2D eigenvalue weighted by atomic mass is 19.1. The lowest BCUT2D eigenvalue weighted by Gasteiger charge is -2.01. The van der Waals surface area contributed by atoms with Crippen molar-refractivity contribution < 1.29 is 4.39 Å². The molecule has 2 heterocycles. The van der Waals surface area contributed by atoms with Gasteiger partial charge in [-0.25, -0.2) is 13.9 Å². The van der Waals surface area contributed by atoms with E-state index in [4.69, 9.17) is 0 Å². The van der Waals surface area contributed by atoms with E-state index < -0.39 is 0 Å². The molecule has 0 fully saturated rings. The molecule has 0 amide bonds. The smallest absolute Gasteiger partial charge is 0.135 e. The van der Waals surface area contributed by atoms with Crippen LogP contribution in [0, 0.1) is 5.82 Å². The first kappa shape index (κ1) is 12.5. The lowest BCUT2D eigenvalue weighted by atomic mass is 10.1. The molecule has 0 unspecified atom stereocenters. The molecule has 0 aliphatic carbocycles. The molecule has 0 aliphatic rings. The molecule has 3 rings (SSSR count). The van der Waals surface area contributed by atoms with E-state index in [9.17, 15) is 4.39 Å². The summed E-state index contributed by atoms with van der Waals surface area (Å²) in [6.07, 6.45) is 2.08. The van der Waals surface area contributed by atoms with E-state index in [2.05, 4.69) is 21.8 Å². The third-order valence-corrected chi connectivity index (χ3v) is 3.12. The van der Waals surface area contributed by atoms with Crippen LogP contribution in [-0.2, 0) is 13.0 Å². The molecule has 0 atom stereocenters. The van der Waals surface area contributed by atoms with Gasteiger partial charge >= 0.3 is 0 Å². The molecule has 2 aromatic heterocycles. The van der Waals surface area contributed by atoms with Crippen LogP contribution in [0.25, 0.3) is 5.52 Å². The fourth-order valence-corrected chi connectivity index (χ4v) is 2.21. The third kappa shape index (κ3) is 2.18. The van der Waals surface area contributed by atoms with Gasteiger partial charge in [0.2, 0.25) is 0 Å². The second-order valence-electron chi connectivity index (χ2n) is 4.45. The van der Waals surface area contributed by atoms with Gasteiger partial charge in [-0.05, 0) is 30.5 Å². The standard InChI is InChI=1S/C15H13FN4/c1-17-10-13-14-7-4-8-18-20(14)15(19-13)9-11-5-2-3-6-12(11)16/h2-8H,1,9-10H2. The van der Waals surface area contributed by atoms with E-state index in [1.54, 1.807) is 22.8 Å². The molecule has 100 valence electrons. The van der Waals surface area contributed by atoms with Crippen LogP contribution >= 0.6 is 0 Å². The Labute approximate surface area is 115 Å². The Morgan fingerprint density at radius 2 is 2.05 bits per heavy atom. The summed E-state index contributed by atoms with van der Waals surface area (Å²) in [6, 6.07) is 10.5. The minimum atomic E-state index is -0.233. The number of aromatic nitrogens is 3. The minimum absolute atomic E-state index is 0.233. The Hall–Kier alpha value is -2.56. The summed E-state index contributed by atoms with van der Waals surface area (Å²) in [5, 5.41) is 4.28. The Morgan fingerprint density at radius 3 is 2.85 bits per heavy atom. The predicted octanol–water partition coefficient (Wildman–Crippen LogP) is 2.66. The second kappa shape index (κ2) is 5.21. The highest BCUT2D eigenvalue weighted by molar-refractivity contribution is 5.52. The molecule has 20 heavy (non-hydrogen) atoms. The quantitative estimate of drug-likeness (QED) is 0.683. The molecular weight excluding hydrogens is 255 g/mol. The Bertz CT molecular complexity index is 763. The lowest BCUT2D eigenvalue weighted by Crippen LogP contribution is -2.00. The van der Waals surface area contributed by atoms with Gasteiger partial charge in [-0.15, -0.1) is 0 Å². The highest BCUT2D eigenvalue weighted by Crippen LogP contribution is 2.17. The van der Waals surface area contributed by atoms with Crippen LogP contribution in [0.15, 0.2) is 47.6 Å². The zero-order valence-corrected chi connectivity index (χ0v) is 10.8. The topological polar surface area (TPSA) is 42.5 Å². The van der Waals surface area contributed by atoms with Gasteiger partial charge < -0.3 is 0 Å². The third-order valence-electron chi connectivity index (χ3n) is 3.12. The zero-order chi connectivity index (χ0) is 13.9. The summed E-state index contributed by atoms with van der Waals surface area (Å²) < 4.78 is 15.5. The van der Waals surface area contributed by atoms with Gasteiger partial charge in [0.05, 0.1) is 17.8 Å². The van der Waals surface area contributed by atoms with Crippen molar-refractivity contribution >= 4 is 12.2 Å². The van der Waals surface area contributed by atoms with Crippen molar-refractivity contribution in [2.45, 2.75) is 13.0 Å². The van der Waals surface area contributed by atoms with E-state index >= 15 is 0 Å².